The van der Waals surface area contributed by atoms with Crippen molar-refractivity contribution < 1.29 is 9.59 Å². The van der Waals surface area contributed by atoms with Crippen LogP contribution < -0.4 is 4.90 Å². The smallest absolute Gasteiger partial charge is 0.265 e. The Bertz CT molecular complexity index is 856. The molecule has 0 aromatic heterocycles. The molecule has 0 aliphatic rings. The number of rotatable bonds is 4. The molecule has 3 aromatic carbocycles. The molecule has 2 amide bonds. The minimum atomic E-state index is -0.314. The van der Waals surface area contributed by atoms with Crippen LogP contribution in [0.25, 0.3) is 0 Å². The number of aryl methyl sites for hydroxylation is 1. The third-order valence-electron chi connectivity index (χ3n) is 3.96. The Morgan fingerprint density at radius 2 is 1.32 bits per heavy atom. The minimum absolute atomic E-state index is 0.174. The van der Waals surface area contributed by atoms with E-state index in [4.69, 9.17) is 0 Å². The van der Waals surface area contributed by atoms with E-state index in [0.717, 1.165) is 11.1 Å². The number of anilines is 1. The molecule has 0 bridgehead atoms. The third kappa shape index (κ3) is 4.01. The van der Waals surface area contributed by atoms with Crippen LogP contribution >= 0.6 is 0 Å². The van der Waals surface area contributed by atoms with Gasteiger partial charge < -0.3 is 0 Å². The van der Waals surface area contributed by atoms with E-state index < -0.39 is 0 Å². The average molecular weight is 329 g/mol. The van der Waals surface area contributed by atoms with Crippen LogP contribution in [0.2, 0.25) is 0 Å². The van der Waals surface area contributed by atoms with Crippen molar-refractivity contribution in [2.45, 2.75) is 13.3 Å². The summed E-state index contributed by atoms with van der Waals surface area (Å²) in [5, 5.41) is 0. The number of carbonyl (C=O) groups excluding carboxylic acids is 2. The van der Waals surface area contributed by atoms with Crippen molar-refractivity contribution >= 4 is 17.5 Å². The van der Waals surface area contributed by atoms with Crippen molar-refractivity contribution in [3.8, 4) is 0 Å². The molecule has 0 fully saturated rings. The topological polar surface area (TPSA) is 37.4 Å². The zero-order valence-electron chi connectivity index (χ0n) is 14.1. The summed E-state index contributed by atoms with van der Waals surface area (Å²) in [4.78, 5) is 27.2. The van der Waals surface area contributed by atoms with E-state index in [1.54, 1.807) is 36.4 Å². The highest BCUT2D eigenvalue weighted by atomic mass is 16.2. The van der Waals surface area contributed by atoms with E-state index in [2.05, 4.69) is 0 Å². The summed E-state index contributed by atoms with van der Waals surface area (Å²) in [6, 6.07) is 25.7. The largest absolute Gasteiger partial charge is 0.274 e. The maximum absolute atomic E-state index is 13.0. The summed E-state index contributed by atoms with van der Waals surface area (Å²) < 4.78 is 0. The van der Waals surface area contributed by atoms with Crippen LogP contribution in [0.5, 0.6) is 0 Å². The first-order valence-electron chi connectivity index (χ1n) is 8.18. The Balaban J connectivity index is 1.95. The molecule has 0 saturated carbocycles. The summed E-state index contributed by atoms with van der Waals surface area (Å²) in [7, 11) is 0. The first-order chi connectivity index (χ1) is 12.1. The van der Waals surface area contributed by atoms with Crippen molar-refractivity contribution in [1.82, 2.24) is 0 Å². The Kier molecular flexibility index (Phi) is 5.05. The van der Waals surface area contributed by atoms with Gasteiger partial charge in [0.15, 0.2) is 0 Å². The van der Waals surface area contributed by atoms with Crippen LogP contribution in [0.15, 0.2) is 84.9 Å². The fraction of sp³-hybridized carbons (Fsp3) is 0.0909. The summed E-state index contributed by atoms with van der Waals surface area (Å²) in [6.07, 6.45) is 0.174. The van der Waals surface area contributed by atoms with Crippen LogP contribution in [0.4, 0.5) is 5.69 Å². The third-order valence-corrected chi connectivity index (χ3v) is 3.96. The molecule has 0 unspecified atom stereocenters. The fourth-order valence-corrected chi connectivity index (χ4v) is 2.63. The van der Waals surface area contributed by atoms with Gasteiger partial charge in [-0.25, -0.2) is 4.90 Å². The molecule has 0 heterocycles. The van der Waals surface area contributed by atoms with Gasteiger partial charge in [0.25, 0.3) is 5.91 Å². The molecule has 0 radical (unpaired) electrons. The van der Waals surface area contributed by atoms with Crippen molar-refractivity contribution in [3.05, 3.63) is 102 Å². The standard InChI is InChI=1S/C22H19NO2/c1-17-12-14-20(15-13-17)23(22(25)19-10-6-3-7-11-19)21(24)16-18-8-4-2-5-9-18/h2-15H,16H2,1H3. The predicted molar refractivity (Wildman–Crippen MR) is 99.6 cm³/mol. The average Bonchev–Trinajstić information content (AvgIpc) is 2.65. The zero-order valence-corrected chi connectivity index (χ0v) is 14.1. The number of carbonyl (C=O) groups is 2. The quantitative estimate of drug-likeness (QED) is 0.711. The summed E-state index contributed by atoms with van der Waals surface area (Å²) in [6.45, 7) is 1.97. The first kappa shape index (κ1) is 16.7. The molecule has 3 aromatic rings. The van der Waals surface area contributed by atoms with Gasteiger partial charge in [-0.15, -0.1) is 0 Å². The van der Waals surface area contributed by atoms with E-state index in [-0.39, 0.29) is 18.2 Å². The Morgan fingerprint density at radius 3 is 1.92 bits per heavy atom. The predicted octanol–water partition coefficient (Wildman–Crippen LogP) is 4.41. The van der Waals surface area contributed by atoms with Gasteiger partial charge in [-0.05, 0) is 36.8 Å². The van der Waals surface area contributed by atoms with E-state index in [1.807, 2.05) is 55.5 Å². The molecule has 0 aliphatic carbocycles. The number of nitrogens with zero attached hydrogens (tertiary/aromatic N) is 1. The first-order valence-corrected chi connectivity index (χ1v) is 8.18. The number of amides is 2. The second-order valence-electron chi connectivity index (χ2n) is 5.90. The van der Waals surface area contributed by atoms with Gasteiger partial charge in [-0.2, -0.15) is 0 Å². The monoisotopic (exact) mass is 329 g/mol. The lowest BCUT2D eigenvalue weighted by molar-refractivity contribution is -0.117. The Labute approximate surface area is 147 Å². The molecular weight excluding hydrogens is 310 g/mol. The van der Waals surface area contributed by atoms with Gasteiger partial charge in [0.05, 0.1) is 12.1 Å². The highest BCUT2D eigenvalue weighted by molar-refractivity contribution is 6.21. The van der Waals surface area contributed by atoms with Gasteiger partial charge >= 0.3 is 0 Å². The highest BCUT2D eigenvalue weighted by Crippen LogP contribution is 2.20. The van der Waals surface area contributed by atoms with E-state index in [9.17, 15) is 9.59 Å². The zero-order chi connectivity index (χ0) is 17.6. The summed E-state index contributed by atoms with van der Waals surface area (Å²) in [5.41, 5.74) is 3.03. The number of imide groups is 1. The number of hydrogen-bond donors (Lipinski definition) is 0. The second kappa shape index (κ2) is 7.58. The Hall–Kier alpha value is -3.20. The number of benzene rings is 3. The molecule has 3 nitrogen and oxygen atoms in total. The van der Waals surface area contributed by atoms with Crippen molar-refractivity contribution in [1.29, 1.82) is 0 Å². The normalized spacial score (nSPS) is 10.3. The molecule has 0 saturated heterocycles. The molecule has 25 heavy (non-hydrogen) atoms. The molecule has 3 rings (SSSR count). The van der Waals surface area contributed by atoms with Gasteiger partial charge in [-0.1, -0.05) is 66.2 Å². The van der Waals surface area contributed by atoms with Crippen LogP contribution in [0, 0.1) is 6.92 Å². The van der Waals surface area contributed by atoms with E-state index in [0.29, 0.717) is 11.3 Å². The molecule has 0 spiro atoms. The molecular formula is C22H19NO2. The molecule has 0 atom stereocenters. The lowest BCUT2D eigenvalue weighted by atomic mass is 10.1. The van der Waals surface area contributed by atoms with Gasteiger partial charge in [-0.3, -0.25) is 9.59 Å². The molecule has 124 valence electrons. The molecule has 0 N–H and O–H groups in total. The van der Waals surface area contributed by atoms with Gasteiger partial charge in [0, 0.05) is 5.56 Å². The molecule has 0 aliphatic heterocycles. The van der Waals surface area contributed by atoms with Crippen LogP contribution in [0.3, 0.4) is 0 Å². The van der Waals surface area contributed by atoms with E-state index in [1.165, 1.54) is 4.90 Å². The van der Waals surface area contributed by atoms with Crippen LogP contribution in [-0.2, 0) is 11.2 Å². The summed E-state index contributed by atoms with van der Waals surface area (Å²) >= 11 is 0. The second-order valence-corrected chi connectivity index (χ2v) is 5.90. The van der Waals surface area contributed by atoms with Gasteiger partial charge in [0.2, 0.25) is 5.91 Å². The van der Waals surface area contributed by atoms with Crippen molar-refractivity contribution in [3.63, 3.8) is 0 Å². The lowest BCUT2D eigenvalue weighted by Crippen LogP contribution is -2.38. The van der Waals surface area contributed by atoms with Crippen LogP contribution in [0.1, 0.15) is 21.5 Å². The SMILES string of the molecule is Cc1ccc(N(C(=O)Cc2ccccc2)C(=O)c2ccccc2)cc1. The fourth-order valence-electron chi connectivity index (χ4n) is 2.63. The highest BCUT2D eigenvalue weighted by Gasteiger charge is 2.24. The number of hydrogen-bond acceptors (Lipinski definition) is 2. The summed E-state index contributed by atoms with van der Waals surface area (Å²) in [5.74, 6) is -0.561. The maximum Gasteiger partial charge on any atom is 0.265 e. The minimum Gasteiger partial charge on any atom is -0.274 e. The van der Waals surface area contributed by atoms with Crippen molar-refractivity contribution in [2.75, 3.05) is 4.90 Å². The van der Waals surface area contributed by atoms with Gasteiger partial charge in [0.1, 0.15) is 0 Å². The lowest BCUT2D eigenvalue weighted by Gasteiger charge is -2.21. The molecule has 3 heteroatoms. The Morgan fingerprint density at radius 1 is 0.760 bits per heavy atom. The maximum atomic E-state index is 13.0. The van der Waals surface area contributed by atoms with E-state index >= 15 is 0 Å². The van der Waals surface area contributed by atoms with Crippen LogP contribution in [-0.4, -0.2) is 11.8 Å². The van der Waals surface area contributed by atoms with Crippen molar-refractivity contribution in [2.24, 2.45) is 0 Å².